The van der Waals surface area contributed by atoms with Crippen molar-refractivity contribution in [2.45, 2.75) is 104 Å². The molecule has 1 aliphatic heterocycles. The van der Waals surface area contributed by atoms with Gasteiger partial charge >= 0.3 is 6.03 Å². The summed E-state index contributed by atoms with van der Waals surface area (Å²) in [5.74, 6) is -2.80. The normalized spacial score (nSPS) is 21.2. The van der Waals surface area contributed by atoms with Crippen LogP contribution in [-0.2, 0) is 29.2 Å². The van der Waals surface area contributed by atoms with Crippen LogP contribution >= 0.6 is 0 Å². The number of fused-ring (bicyclic) bond motifs is 1. The number of rotatable bonds is 17. The number of likely N-dealkylation sites (tertiary alicyclic amines) is 1. The van der Waals surface area contributed by atoms with Crippen LogP contribution in [0, 0.1) is 28.6 Å². The van der Waals surface area contributed by atoms with Crippen LogP contribution in [0.25, 0.3) is 0 Å². The zero-order chi connectivity index (χ0) is 38.5. The number of benzene rings is 1. The molecule has 0 spiro atoms. The van der Waals surface area contributed by atoms with Crippen LogP contribution in [0.4, 0.5) is 4.79 Å². The summed E-state index contributed by atoms with van der Waals surface area (Å²) in [4.78, 5) is 69.3. The van der Waals surface area contributed by atoms with E-state index in [0.29, 0.717) is 13.0 Å². The molecule has 0 bridgehead atoms. The molecule has 0 aromatic heterocycles. The number of hydrogen-bond donors (Lipinski definition) is 4. The first-order valence-electron chi connectivity index (χ1n) is 17.8. The quantitative estimate of drug-likeness (QED) is 0.141. The van der Waals surface area contributed by atoms with Crippen LogP contribution in [0.2, 0.25) is 0 Å². The Morgan fingerprint density at radius 3 is 2.24 bits per heavy atom. The van der Waals surface area contributed by atoms with Gasteiger partial charge in [0, 0.05) is 32.7 Å². The minimum atomic E-state index is -3.81. The number of Topliss-reactive ketones (excluding diaryl/α,β-unsaturated/α-hetero) is 1. The number of unbranched alkanes of at least 4 members (excludes halogenated alkanes) is 1. The summed E-state index contributed by atoms with van der Waals surface area (Å²) in [6, 6.07) is 3.79. The largest absolute Gasteiger partial charge is 0.346 e. The molecule has 1 unspecified atom stereocenters. The highest BCUT2D eigenvalue weighted by molar-refractivity contribution is 7.89. The number of urea groups is 1. The maximum absolute atomic E-state index is 14.4. The predicted octanol–water partition coefficient (Wildman–Crippen LogP) is 3.07. The van der Waals surface area contributed by atoms with Crippen molar-refractivity contribution in [3.8, 4) is 0 Å². The first kappa shape index (κ1) is 41.6. The Labute approximate surface area is 303 Å². The van der Waals surface area contributed by atoms with Gasteiger partial charge in [0.05, 0.1) is 10.9 Å². The number of hydrogen-bond acceptors (Lipinski definition) is 7. The van der Waals surface area contributed by atoms with Gasteiger partial charge in [-0.25, -0.2) is 13.2 Å². The zero-order valence-electron chi connectivity index (χ0n) is 31.6. The molecular formula is C37H58N6O7S. The van der Waals surface area contributed by atoms with E-state index in [2.05, 4.69) is 27.8 Å². The Balaban J connectivity index is 1.81. The first-order chi connectivity index (χ1) is 23.7. The maximum Gasteiger partial charge on any atom is 0.315 e. The van der Waals surface area contributed by atoms with Crippen molar-refractivity contribution in [3.63, 3.8) is 0 Å². The number of carbonyl (C=O) groups excluding carboxylic acids is 5. The number of nitrogens with one attached hydrogen (secondary N) is 4. The highest BCUT2D eigenvalue weighted by Gasteiger charge is 2.70. The van der Waals surface area contributed by atoms with Gasteiger partial charge in [0.1, 0.15) is 12.1 Å². The minimum absolute atomic E-state index is 0.00715. The van der Waals surface area contributed by atoms with Gasteiger partial charge in [-0.2, -0.15) is 4.31 Å². The molecule has 284 valence electrons. The molecule has 2 fully saturated rings. The fourth-order valence-electron chi connectivity index (χ4n) is 6.88. The lowest BCUT2D eigenvalue weighted by Gasteiger charge is -2.38. The lowest BCUT2D eigenvalue weighted by Crippen LogP contribution is -2.62. The highest BCUT2D eigenvalue weighted by Crippen LogP contribution is 2.65. The fourth-order valence-corrected chi connectivity index (χ4v) is 8.10. The van der Waals surface area contributed by atoms with Gasteiger partial charge in [-0.1, -0.05) is 92.5 Å². The first-order valence-corrected chi connectivity index (χ1v) is 19.3. The summed E-state index contributed by atoms with van der Waals surface area (Å²) >= 11 is 0. The van der Waals surface area contributed by atoms with Crippen molar-refractivity contribution in [1.29, 1.82) is 0 Å². The number of likely N-dealkylation sites (N-methyl/N-ethyl adjacent to an activating group) is 1. The van der Waals surface area contributed by atoms with Gasteiger partial charge in [0.15, 0.2) is 0 Å². The van der Waals surface area contributed by atoms with Crippen LogP contribution in [0.3, 0.4) is 0 Å². The summed E-state index contributed by atoms with van der Waals surface area (Å²) in [6.07, 6.45) is 3.08. The molecule has 3 rings (SSSR count). The second kappa shape index (κ2) is 16.7. The van der Waals surface area contributed by atoms with Gasteiger partial charge in [0.2, 0.25) is 27.6 Å². The molecule has 5 amide bonds. The molecule has 0 radical (unpaired) electrons. The van der Waals surface area contributed by atoms with Crippen LogP contribution < -0.4 is 21.3 Å². The van der Waals surface area contributed by atoms with E-state index < -0.39 is 69.1 Å². The second-order valence-corrected chi connectivity index (χ2v) is 17.9. The van der Waals surface area contributed by atoms with Crippen molar-refractivity contribution in [2.24, 2.45) is 28.6 Å². The average Bonchev–Trinajstić information content (AvgIpc) is 3.37. The maximum atomic E-state index is 14.4. The molecular weight excluding hydrogens is 673 g/mol. The number of ketones is 1. The smallest absolute Gasteiger partial charge is 0.315 e. The fraction of sp³-hybridized carbons (Fsp3) is 0.649. The van der Waals surface area contributed by atoms with Crippen LogP contribution in [0.15, 0.2) is 47.9 Å². The van der Waals surface area contributed by atoms with Crippen molar-refractivity contribution in [3.05, 3.63) is 43.0 Å². The highest BCUT2D eigenvalue weighted by atomic mass is 32.2. The summed E-state index contributed by atoms with van der Waals surface area (Å²) in [5, 5.41) is 11.0. The number of piperidine rings is 1. The van der Waals surface area contributed by atoms with Gasteiger partial charge in [-0.15, -0.1) is 6.58 Å². The van der Waals surface area contributed by atoms with Crippen LogP contribution in [-0.4, -0.2) is 98.0 Å². The zero-order valence-corrected chi connectivity index (χ0v) is 32.4. The van der Waals surface area contributed by atoms with E-state index >= 15 is 0 Å². The minimum Gasteiger partial charge on any atom is -0.346 e. The summed E-state index contributed by atoms with van der Waals surface area (Å²) in [6.45, 7) is 19.2. The molecule has 1 aromatic rings. The van der Waals surface area contributed by atoms with Crippen molar-refractivity contribution < 1.29 is 32.4 Å². The SMILES string of the molecule is C=CCNC(=O)C(=O)C(CCCC)NC(=O)[C@@H]1[C@@H]2[C@H](CN1C(=O)[C@@H](NC(=O)N[C@H](CN(C)S(=O)(=O)c1ccccc1)C(C)C)C(C)(C)C)C2(C)C. The Bertz CT molecular complexity index is 1560. The standard InChI is InChI=1S/C37H58N6O7S/c1-11-13-19-26(30(44)33(46)38-20-12-2)39-32(45)29-28-25(37(28,8)9)21-43(29)34(47)31(36(5,6)7)41-35(48)40-27(23(3)4)22-42(10)51(49,50)24-17-15-14-16-18-24/h12,14-18,23,25-29,31H,2,11,13,19-22H2,1,3-10H3,(H,38,46)(H,39,45)(H2,40,41,48)/t25-,26?,27+,28-,29-,31+/m0/s1. The summed E-state index contributed by atoms with van der Waals surface area (Å²) < 4.78 is 27.6. The topological polar surface area (TPSA) is 174 Å². The molecule has 1 heterocycles. The lowest BCUT2D eigenvalue weighted by molar-refractivity contribution is -0.145. The predicted molar refractivity (Wildman–Crippen MR) is 196 cm³/mol. The molecule has 1 aliphatic carbocycles. The number of carbonyl (C=O) groups is 5. The van der Waals surface area contributed by atoms with E-state index in [0.717, 1.165) is 6.42 Å². The third-order valence-corrected chi connectivity index (χ3v) is 12.1. The Morgan fingerprint density at radius 2 is 1.69 bits per heavy atom. The average molecular weight is 731 g/mol. The Morgan fingerprint density at radius 1 is 1.06 bits per heavy atom. The Kier molecular flexibility index (Phi) is 13.6. The monoisotopic (exact) mass is 730 g/mol. The molecule has 51 heavy (non-hydrogen) atoms. The number of nitrogens with zero attached hydrogens (tertiary/aromatic N) is 2. The van der Waals surface area contributed by atoms with Crippen molar-refractivity contribution in [1.82, 2.24) is 30.5 Å². The third-order valence-electron chi connectivity index (χ3n) is 10.3. The van der Waals surface area contributed by atoms with Gasteiger partial charge in [-0.05, 0) is 47.1 Å². The van der Waals surface area contributed by atoms with Gasteiger partial charge < -0.3 is 26.2 Å². The summed E-state index contributed by atoms with van der Waals surface area (Å²) in [7, 11) is -2.36. The molecule has 1 saturated carbocycles. The molecule has 1 aromatic carbocycles. The van der Waals surface area contributed by atoms with Crippen molar-refractivity contribution >= 4 is 39.6 Å². The molecule has 13 nitrogen and oxygen atoms in total. The van der Waals surface area contributed by atoms with Gasteiger partial charge in [-0.3, -0.25) is 19.2 Å². The molecule has 6 atom stereocenters. The molecule has 14 heteroatoms. The van der Waals surface area contributed by atoms with Crippen LogP contribution in [0.5, 0.6) is 0 Å². The van der Waals surface area contributed by atoms with Crippen LogP contribution in [0.1, 0.15) is 74.7 Å². The van der Waals surface area contributed by atoms with Crippen molar-refractivity contribution in [2.75, 3.05) is 26.7 Å². The summed E-state index contributed by atoms with van der Waals surface area (Å²) in [5.41, 5.74) is -0.997. The van der Waals surface area contributed by atoms with E-state index in [1.807, 2.05) is 55.4 Å². The second-order valence-electron chi connectivity index (χ2n) is 15.8. The van der Waals surface area contributed by atoms with E-state index in [1.54, 1.807) is 18.2 Å². The number of amides is 5. The Hall–Kier alpha value is -3.78. The third kappa shape index (κ3) is 9.76. The van der Waals surface area contributed by atoms with Gasteiger partial charge in [0.25, 0.3) is 5.91 Å². The number of sulfonamides is 1. The lowest BCUT2D eigenvalue weighted by atomic mass is 9.85. The van der Waals surface area contributed by atoms with E-state index in [9.17, 15) is 32.4 Å². The molecule has 1 saturated heterocycles. The van der Waals surface area contributed by atoms with E-state index in [-0.39, 0.29) is 47.6 Å². The van der Waals surface area contributed by atoms with E-state index in [4.69, 9.17) is 0 Å². The molecule has 2 aliphatic rings. The molecule has 4 N–H and O–H groups in total. The van der Waals surface area contributed by atoms with E-state index in [1.165, 1.54) is 34.5 Å².